The number of aliphatic hydroxyl groups is 1. The molecule has 0 amide bonds. The molecule has 0 spiro atoms. The number of hydrogen-bond acceptors (Lipinski definition) is 4. The minimum atomic E-state index is -2.85. The summed E-state index contributed by atoms with van der Waals surface area (Å²) in [6.45, 7) is 3.97. The first kappa shape index (κ1) is 15.9. The minimum Gasteiger partial charge on any atom is -0.393 e. The summed E-state index contributed by atoms with van der Waals surface area (Å²) in [5, 5.41) is 13.0. The van der Waals surface area contributed by atoms with Crippen molar-refractivity contribution in [2.24, 2.45) is 5.41 Å². The molecule has 108 valence electrons. The van der Waals surface area contributed by atoms with E-state index in [1.165, 1.54) is 6.26 Å². The Kier molecular flexibility index (Phi) is 6.08. The summed E-state index contributed by atoms with van der Waals surface area (Å²) >= 11 is 0. The summed E-state index contributed by atoms with van der Waals surface area (Å²) in [7, 11) is -2.85. The van der Waals surface area contributed by atoms with Gasteiger partial charge in [0.15, 0.2) is 0 Å². The molecule has 2 N–H and O–H groups in total. The standard InChI is InChI=1S/C13H27NO3S/c1-3-14-11-13(7-4-10-18(2,16)17)8-5-12(15)6-9-13/h12,14-15H,3-11H2,1-2H3. The Bertz CT molecular complexity index is 327. The summed E-state index contributed by atoms with van der Waals surface area (Å²) in [6, 6.07) is 0. The number of nitrogens with one attached hydrogen (secondary N) is 1. The van der Waals surface area contributed by atoms with Crippen LogP contribution >= 0.6 is 0 Å². The zero-order chi connectivity index (χ0) is 13.6. The lowest BCUT2D eigenvalue weighted by Gasteiger charge is -2.39. The third-order valence-electron chi connectivity index (χ3n) is 3.99. The molecule has 1 saturated carbocycles. The van der Waals surface area contributed by atoms with Gasteiger partial charge in [0.25, 0.3) is 0 Å². The van der Waals surface area contributed by atoms with Gasteiger partial charge >= 0.3 is 0 Å². The fourth-order valence-electron chi connectivity index (χ4n) is 2.83. The molecule has 0 aromatic carbocycles. The highest BCUT2D eigenvalue weighted by atomic mass is 32.2. The SMILES string of the molecule is CCNCC1(CCCS(C)(=O)=O)CCC(O)CC1. The second kappa shape index (κ2) is 6.87. The second-order valence-electron chi connectivity index (χ2n) is 5.74. The number of aliphatic hydroxyl groups excluding tert-OH is 1. The largest absolute Gasteiger partial charge is 0.393 e. The van der Waals surface area contributed by atoms with E-state index in [2.05, 4.69) is 12.2 Å². The zero-order valence-electron chi connectivity index (χ0n) is 11.6. The minimum absolute atomic E-state index is 0.158. The molecule has 1 fully saturated rings. The van der Waals surface area contributed by atoms with Gasteiger partial charge in [-0.05, 0) is 50.5 Å². The Morgan fingerprint density at radius 1 is 1.33 bits per heavy atom. The van der Waals surface area contributed by atoms with Crippen molar-refractivity contribution in [3.63, 3.8) is 0 Å². The predicted molar refractivity (Wildman–Crippen MR) is 74.4 cm³/mol. The van der Waals surface area contributed by atoms with Crippen LogP contribution in [0.2, 0.25) is 0 Å². The quantitative estimate of drug-likeness (QED) is 0.737. The molecule has 1 aliphatic rings. The van der Waals surface area contributed by atoms with Crippen LogP contribution in [0.1, 0.15) is 45.4 Å². The molecule has 0 aromatic rings. The third kappa shape index (κ3) is 5.67. The maximum atomic E-state index is 11.2. The van der Waals surface area contributed by atoms with Gasteiger partial charge < -0.3 is 10.4 Å². The molecule has 0 saturated heterocycles. The Balaban J connectivity index is 2.50. The van der Waals surface area contributed by atoms with Gasteiger partial charge in [0, 0.05) is 18.6 Å². The van der Waals surface area contributed by atoms with Crippen molar-refractivity contribution in [2.45, 2.75) is 51.6 Å². The number of sulfone groups is 1. The molecule has 18 heavy (non-hydrogen) atoms. The van der Waals surface area contributed by atoms with E-state index < -0.39 is 9.84 Å². The van der Waals surface area contributed by atoms with E-state index in [1.54, 1.807) is 0 Å². The van der Waals surface area contributed by atoms with Crippen molar-refractivity contribution in [1.29, 1.82) is 0 Å². The first-order chi connectivity index (χ1) is 8.37. The molecule has 0 aliphatic heterocycles. The highest BCUT2D eigenvalue weighted by Gasteiger charge is 2.34. The van der Waals surface area contributed by atoms with Crippen LogP contribution < -0.4 is 5.32 Å². The van der Waals surface area contributed by atoms with Gasteiger partial charge in [-0.25, -0.2) is 8.42 Å². The van der Waals surface area contributed by atoms with Crippen LogP contribution in [0.25, 0.3) is 0 Å². The highest BCUT2D eigenvalue weighted by Crippen LogP contribution is 2.39. The smallest absolute Gasteiger partial charge is 0.147 e. The molecule has 0 aromatic heterocycles. The lowest BCUT2D eigenvalue weighted by atomic mass is 9.70. The molecule has 1 aliphatic carbocycles. The van der Waals surface area contributed by atoms with Gasteiger partial charge in [0.1, 0.15) is 9.84 Å². The van der Waals surface area contributed by atoms with Crippen molar-refractivity contribution in [3.05, 3.63) is 0 Å². The maximum Gasteiger partial charge on any atom is 0.147 e. The van der Waals surface area contributed by atoms with Crippen molar-refractivity contribution >= 4 is 9.84 Å². The van der Waals surface area contributed by atoms with Gasteiger partial charge in [-0.2, -0.15) is 0 Å². The molecular weight excluding hydrogens is 250 g/mol. The zero-order valence-corrected chi connectivity index (χ0v) is 12.4. The second-order valence-corrected chi connectivity index (χ2v) is 8.00. The van der Waals surface area contributed by atoms with Crippen LogP contribution in [-0.2, 0) is 9.84 Å². The fourth-order valence-corrected chi connectivity index (χ4v) is 3.50. The normalized spacial score (nSPS) is 29.4. The van der Waals surface area contributed by atoms with E-state index in [1.807, 2.05) is 0 Å². The van der Waals surface area contributed by atoms with Crippen molar-refractivity contribution in [2.75, 3.05) is 25.1 Å². The average Bonchev–Trinajstić information content (AvgIpc) is 2.29. The average molecular weight is 277 g/mol. The van der Waals surface area contributed by atoms with Crippen molar-refractivity contribution in [3.8, 4) is 0 Å². The van der Waals surface area contributed by atoms with Gasteiger partial charge in [-0.1, -0.05) is 6.92 Å². The Hall–Kier alpha value is -0.130. The fraction of sp³-hybridized carbons (Fsp3) is 1.00. The van der Waals surface area contributed by atoms with Crippen LogP contribution in [0.3, 0.4) is 0 Å². The number of hydrogen-bond donors (Lipinski definition) is 2. The Morgan fingerprint density at radius 3 is 2.44 bits per heavy atom. The first-order valence-corrected chi connectivity index (χ1v) is 8.99. The summed E-state index contributed by atoms with van der Waals surface area (Å²) in [5.74, 6) is 0.281. The molecule has 0 bridgehead atoms. The summed E-state index contributed by atoms with van der Waals surface area (Å²) in [6.07, 6.45) is 6.54. The van der Waals surface area contributed by atoms with E-state index in [0.717, 1.165) is 51.6 Å². The third-order valence-corrected chi connectivity index (χ3v) is 5.02. The molecule has 0 atom stereocenters. The predicted octanol–water partition coefficient (Wildman–Crippen LogP) is 1.34. The van der Waals surface area contributed by atoms with Crippen LogP contribution in [0.4, 0.5) is 0 Å². The molecule has 0 unspecified atom stereocenters. The van der Waals surface area contributed by atoms with Crippen LogP contribution in [0, 0.1) is 5.41 Å². The molecule has 0 heterocycles. The van der Waals surface area contributed by atoms with Crippen LogP contribution in [-0.4, -0.2) is 44.7 Å². The van der Waals surface area contributed by atoms with Crippen molar-refractivity contribution < 1.29 is 13.5 Å². The summed E-state index contributed by atoms with van der Waals surface area (Å²) in [4.78, 5) is 0. The lowest BCUT2D eigenvalue weighted by molar-refractivity contribution is 0.0569. The molecule has 1 rings (SSSR count). The highest BCUT2D eigenvalue weighted by molar-refractivity contribution is 7.90. The van der Waals surface area contributed by atoms with Crippen LogP contribution in [0.15, 0.2) is 0 Å². The van der Waals surface area contributed by atoms with Crippen LogP contribution in [0.5, 0.6) is 0 Å². The molecule has 0 radical (unpaired) electrons. The maximum absolute atomic E-state index is 11.2. The molecule has 5 heteroatoms. The van der Waals surface area contributed by atoms with Gasteiger partial charge in [0.05, 0.1) is 6.10 Å². The Morgan fingerprint density at radius 2 is 1.94 bits per heavy atom. The summed E-state index contributed by atoms with van der Waals surface area (Å²) < 4.78 is 22.4. The van der Waals surface area contributed by atoms with Gasteiger partial charge in [-0.3, -0.25) is 0 Å². The Labute approximate surface area is 111 Å². The van der Waals surface area contributed by atoms with Gasteiger partial charge in [0.2, 0.25) is 0 Å². The van der Waals surface area contributed by atoms with E-state index in [9.17, 15) is 13.5 Å². The number of rotatable bonds is 7. The van der Waals surface area contributed by atoms with E-state index >= 15 is 0 Å². The van der Waals surface area contributed by atoms with Crippen molar-refractivity contribution in [1.82, 2.24) is 5.32 Å². The topological polar surface area (TPSA) is 66.4 Å². The monoisotopic (exact) mass is 277 g/mol. The first-order valence-electron chi connectivity index (χ1n) is 6.93. The molecule has 4 nitrogen and oxygen atoms in total. The van der Waals surface area contributed by atoms with E-state index in [-0.39, 0.29) is 17.3 Å². The lowest BCUT2D eigenvalue weighted by Crippen LogP contribution is -2.39. The van der Waals surface area contributed by atoms with E-state index in [0.29, 0.717) is 0 Å². The van der Waals surface area contributed by atoms with E-state index in [4.69, 9.17) is 0 Å². The molecular formula is C13H27NO3S. The summed E-state index contributed by atoms with van der Waals surface area (Å²) in [5.41, 5.74) is 0.194. The van der Waals surface area contributed by atoms with Gasteiger partial charge in [-0.15, -0.1) is 0 Å².